The van der Waals surface area contributed by atoms with E-state index in [2.05, 4.69) is 88.0 Å². The van der Waals surface area contributed by atoms with E-state index < -0.39 is 0 Å². The van der Waals surface area contributed by atoms with Crippen molar-refractivity contribution in [1.29, 1.82) is 0 Å². The Labute approximate surface area is 127 Å². The van der Waals surface area contributed by atoms with Crippen LogP contribution >= 0.6 is 63.7 Å². The van der Waals surface area contributed by atoms with Crippen LogP contribution in [-0.4, -0.2) is 0 Å². The molecule has 0 saturated carbocycles. The van der Waals surface area contributed by atoms with Gasteiger partial charge in [-0.2, -0.15) is 0 Å². The van der Waals surface area contributed by atoms with Crippen LogP contribution in [0, 0.1) is 0 Å². The van der Waals surface area contributed by atoms with Crippen LogP contribution in [0.4, 0.5) is 0 Å². The fourth-order valence-corrected chi connectivity index (χ4v) is 4.93. The Morgan fingerprint density at radius 3 is 1.56 bits per heavy atom. The van der Waals surface area contributed by atoms with Crippen LogP contribution in [-0.2, 0) is 0 Å². The quantitative estimate of drug-likeness (QED) is 0.400. The summed E-state index contributed by atoms with van der Waals surface area (Å²) in [4.78, 5) is 0.708. The van der Waals surface area contributed by atoms with Gasteiger partial charge in [0.15, 0.2) is 0 Å². The van der Waals surface area contributed by atoms with Gasteiger partial charge in [-0.3, -0.25) is 0 Å². The summed E-state index contributed by atoms with van der Waals surface area (Å²) in [5, 5.41) is 2.62. The minimum absolute atomic E-state index is 0.354. The second kappa shape index (κ2) is 4.08. The first-order valence-corrected chi connectivity index (χ1v) is 8.21. The van der Waals surface area contributed by atoms with E-state index >= 15 is 0 Å². The van der Waals surface area contributed by atoms with Crippen LogP contribution in [0.2, 0.25) is 0 Å². The Morgan fingerprint density at radius 1 is 0.688 bits per heavy atom. The molecule has 0 bridgehead atoms. The lowest BCUT2D eigenvalue weighted by Crippen LogP contribution is -1.87. The van der Waals surface area contributed by atoms with E-state index in [1.54, 1.807) is 0 Å². The lowest BCUT2D eigenvalue weighted by Gasteiger charge is -2.06. The third-order valence-electron chi connectivity index (χ3n) is 2.97. The first-order chi connectivity index (χ1) is 7.61. The Balaban J connectivity index is 2.54. The Hall–Kier alpha value is 0.620. The molecule has 2 aromatic rings. The zero-order valence-corrected chi connectivity index (χ0v) is 14.3. The number of rotatable bonds is 0. The maximum Gasteiger partial charge on any atom is 0.0567 e. The molecule has 0 nitrogen and oxygen atoms in total. The lowest BCUT2D eigenvalue weighted by atomic mass is 10.1. The molecule has 0 N–H and O–H groups in total. The van der Waals surface area contributed by atoms with Gasteiger partial charge in [-0.1, -0.05) is 75.9 Å². The molecule has 1 aliphatic rings. The first-order valence-electron chi connectivity index (χ1n) is 4.80. The second-order valence-electron chi connectivity index (χ2n) is 3.83. The molecule has 0 aromatic heterocycles. The highest BCUT2D eigenvalue weighted by Gasteiger charge is 2.31. The molecule has 4 heteroatoms. The number of hydrogen-bond donors (Lipinski definition) is 0. The lowest BCUT2D eigenvalue weighted by molar-refractivity contribution is 0.998. The van der Waals surface area contributed by atoms with Crippen molar-refractivity contribution in [2.75, 3.05) is 0 Å². The van der Waals surface area contributed by atoms with E-state index in [1.807, 2.05) is 0 Å². The minimum Gasteiger partial charge on any atom is -0.0823 e. The molecule has 2 unspecified atom stereocenters. The van der Waals surface area contributed by atoms with Gasteiger partial charge in [0.05, 0.1) is 9.65 Å². The van der Waals surface area contributed by atoms with E-state index in [9.17, 15) is 0 Å². The van der Waals surface area contributed by atoms with Crippen molar-refractivity contribution in [3.63, 3.8) is 0 Å². The fraction of sp³-hybridized carbons (Fsp3) is 0.167. The van der Waals surface area contributed by atoms with Crippen molar-refractivity contribution in [2.24, 2.45) is 0 Å². The summed E-state index contributed by atoms with van der Waals surface area (Å²) < 4.78 is 2.28. The molecule has 0 spiro atoms. The third-order valence-corrected chi connectivity index (χ3v) is 7.05. The molecule has 2 aromatic carbocycles. The molecule has 0 saturated heterocycles. The highest BCUT2D eigenvalue weighted by atomic mass is 79.9. The molecule has 0 aliphatic heterocycles. The van der Waals surface area contributed by atoms with Crippen LogP contribution in [0.25, 0.3) is 10.8 Å². The summed E-state index contributed by atoms with van der Waals surface area (Å²) in [6, 6.07) is 8.60. The van der Waals surface area contributed by atoms with Crippen molar-refractivity contribution in [3.8, 4) is 0 Å². The molecule has 82 valence electrons. The Kier molecular flexibility index (Phi) is 2.98. The van der Waals surface area contributed by atoms with E-state index in [1.165, 1.54) is 21.9 Å². The summed E-state index contributed by atoms with van der Waals surface area (Å²) in [5.41, 5.74) is 2.72. The van der Waals surface area contributed by atoms with Gasteiger partial charge >= 0.3 is 0 Å². The summed E-state index contributed by atoms with van der Waals surface area (Å²) in [7, 11) is 0. The Bertz CT molecular complexity index is 542. The molecule has 0 heterocycles. The van der Waals surface area contributed by atoms with Crippen LogP contribution in [0.15, 0.2) is 33.2 Å². The summed E-state index contributed by atoms with van der Waals surface area (Å²) in [5.74, 6) is 0. The zero-order valence-electron chi connectivity index (χ0n) is 7.98. The fourth-order valence-electron chi connectivity index (χ4n) is 2.24. The molecular formula is C12H6Br4. The van der Waals surface area contributed by atoms with Gasteiger partial charge in [0, 0.05) is 14.3 Å². The van der Waals surface area contributed by atoms with Gasteiger partial charge in [-0.15, -0.1) is 0 Å². The molecule has 2 atom stereocenters. The third kappa shape index (κ3) is 1.49. The predicted octanol–water partition coefficient (Wildman–Crippen LogP) is 6.25. The van der Waals surface area contributed by atoms with Crippen molar-refractivity contribution in [3.05, 3.63) is 44.3 Å². The van der Waals surface area contributed by atoms with Crippen molar-refractivity contribution < 1.29 is 0 Å². The maximum atomic E-state index is 3.75. The van der Waals surface area contributed by atoms with Crippen molar-refractivity contribution in [1.82, 2.24) is 0 Å². The summed E-state index contributed by atoms with van der Waals surface area (Å²) in [6.07, 6.45) is 0. The molecule has 1 aliphatic carbocycles. The molecule has 0 amide bonds. The van der Waals surface area contributed by atoms with Gasteiger partial charge in [0.2, 0.25) is 0 Å². The SMILES string of the molecule is Brc1ccc2c3c(ccc(Br)c13)C(Br)C2Br. The normalized spacial score (nSPS) is 23.0. The highest BCUT2D eigenvalue weighted by Crippen LogP contribution is 2.54. The van der Waals surface area contributed by atoms with E-state index in [4.69, 9.17) is 0 Å². The van der Waals surface area contributed by atoms with Crippen LogP contribution in [0.1, 0.15) is 20.8 Å². The van der Waals surface area contributed by atoms with Crippen molar-refractivity contribution >= 4 is 74.5 Å². The van der Waals surface area contributed by atoms with Gasteiger partial charge in [0.1, 0.15) is 0 Å². The largest absolute Gasteiger partial charge is 0.0823 e. The van der Waals surface area contributed by atoms with E-state index in [-0.39, 0.29) is 0 Å². The predicted molar refractivity (Wildman–Crippen MR) is 82.7 cm³/mol. The number of benzene rings is 2. The number of halogens is 4. The highest BCUT2D eigenvalue weighted by molar-refractivity contribution is 9.12. The molecule has 0 radical (unpaired) electrons. The summed E-state index contributed by atoms with van der Waals surface area (Å²) in [6.45, 7) is 0. The van der Waals surface area contributed by atoms with Crippen LogP contribution in [0.5, 0.6) is 0 Å². The average Bonchev–Trinajstić information content (AvgIpc) is 2.50. The monoisotopic (exact) mass is 466 g/mol. The first kappa shape index (κ1) is 11.7. The van der Waals surface area contributed by atoms with Gasteiger partial charge in [-0.25, -0.2) is 0 Å². The minimum atomic E-state index is 0.354. The standard InChI is InChI=1S/C12H6Br4/c13-7-3-1-5-9-6(12(16)11(5)15)2-4-8(14)10(7)9/h1-4,11-12H. The van der Waals surface area contributed by atoms with Crippen molar-refractivity contribution in [2.45, 2.75) is 9.65 Å². The smallest absolute Gasteiger partial charge is 0.0567 e. The summed E-state index contributed by atoms with van der Waals surface area (Å²) >= 11 is 14.7. The van der Waals surface area contributed by atoms with E-state index in [0.717, 1.165) is 8.95 Å². The average molecular weight is 470 g/mol. The molecule has 16 heavy (non-hydrogen) atoms. The Morgan fingerprint density at radius 2 is 1.12 bits per heavy atom. The topological polar surface area (TPSA) is 0 Å². The van der Waals surface area contributed by atoms with Crippen LogP contribution < -0.4 is 0 Å². The van der Waals surface area contributed by atoms with Gasteiger partial charge in [-0.05, 0) is 28.6 Å². The van der Waals surface area contributed by atoms with E-state index in [0.29, 0.717) is 9.65 Å². The zero-order chi connectivity index (χ0) is 11.4. The van der Waals surface area contributed by atoms with Crippen LogP contribution in [0.3, 0.4) is 0 Å². The van der Waals surface area contributed by atoms with Gasteiger partial charge in [0.25, 0.3) is 0 Å². The molecule has 0 fully saturated rings. The number of alkyl halides is 2. The maximum absolute atomic E-state index is 3.75. The molecular weight excluding hydrogens is 464 g/mol. The second-order valence-corrected chi connectivity index (χ2v) is 7.51. The molecule has 3 rings (SSSR count). The van der Waals surface area contributed by atoms with Gasteiger partial charge < -0.3 is 0 Å². The number of hydrogen-bond acceptors (Lipinski definition) is 0.